The zero-order chi connectivity index (χ0) is 13.3. The first-order valence-electron chi connectivity index (χ1n) is 5.86. The highest BCUT2D eigenvalue weighted by atomic mass is 79.9. The van der Waals surface area contributed by atoms with E-state index < -0.39 is 10.0 Å². The fraction of sp³-hybridized carbons (Fsp3) is 0.500. The van der Waals surface area contributed by atoms with E-state index in [9.17, 15) is 8.42 Å². The van der Waals surface area contributed by atoms with Crippen LogP contribution < -0.4 is 4.72 Å². The topological polar surface area (TPSA) is 46.2 Å². The van der Waals surface area contributed by atoms with E-state index in [4.69, 9.17) is 11.6 Å². The summed E-state index contributed by atoms with van der Waals surface area (Å²) in [5.41, 5.74) is 0. The van der Waals surface area contributed by atoms with Crippen LogP contribution in [0, 0.1) is 5.92 Å². The van der Waals surface area contributed by atoms with Gasteiger partial charge in [-0.25, -0.2) is 13.1 Å². The number of hydrogen-bond acceptors (Lipinski definition) is 2. The van der Waals surface area contributed by atoms with Crippen molar-refractivity contribution in [2.24, 2.45) is 5.92 Å². The van der Waals surface area contributed by atoms with E-state index in [-0.39, 0.29) is 16.0 Å². The summed E-state index contributed by atoms with van der Waals surface area (Å²) in [4.78, 5) is 0.145. The molecule has 2 atom stereocenters. The van der Waals surface area contributed by atoms with E-state index in [0.29, 0.717) is 5.92 Å². The highest BCUT2D eigenvalue weighted by Gasteiger charge is 2.27. The van der Waals surface area contributed by atoms with E-state index in [1.165, 1.54) is 6.07 Å². The van der Waals surface area contributed by atoms with Gasteiger partial charge in [0.05, 0.1) is 5.02 Å². The molecule has 0 saturated heterocycles. The van der Waals surface area contributed by atoms with E-state index in [0.717, 1.165) is 23.7 Å². The van der Waals surface area contributed by atoms with Gasteiger partial charge in [0, 0.05) is 10.5 Å². The fourth-order valence-electron chi connectivity index (χ4n) is 2.29. The SMILES string of the molecule is CC1CCC(NS(=O)(=O)c2ccc(Br)cc2Cl)C1. The van der Waals surface area contributed by atoms with Crippen molar-refractivity contribution in [2.75, 3.05) is 0 Å². The molecule has 1 aliphatic rings. The Labute approximate surface area is 121 Å². The maximum atomic E-state index is 12.2. The molecule has 0 bridgehead atoms. The van der Waals surface area contributed by atoms with Crippen molar-refractivity contribution in [3.63, 3.8) is 0 Å². The molecule has 100 valence electrons. The normalized spacial score (nSPS) is 24.4. The van der Waals surface area contributed by atoms with Crippen molar-refractivity contribution < 1.29 is 8.42 Å². The second-order valence-corrected chi connectivity index (χ2v) is 7.82. The third-order valence-electron chi connectivity index (χ3n) is 3.20. The number of benzene rings is 1. The first-order valence-corrected chi connectivity index (χ1v) is 8.51. The van der Waals surface area contributed by atoms with Crippen molar-refractivity contribution in [1.29, 1.82) is 0 Å². The molecule has 0 amide bonds. The Bertz CT molecular complexity index is 547. The Hall–Kier alpha value is -0.100. The molecule has 2 rings (SSSR count). The number of rotatable bonds is 3. The lowest BCUT2D eigenvalue weighted by molar-refractivity contribution is 0.538. The summed E-state index contributed by atoms with van der Waals surface area (Å²) in [5.74, 6) is 0.582. The molecule has 3 nitrogen and oxygen atoms in total. The van der Waals surface area contributed by atoms with Gasteiger partial charge < -0.3 is 0 Å². The molecule has 0 spiro atoms. The molecule has 1 saturated carbocycles. The molecule has 0 aromatic heterocycles. The van der Waals surface area contributed by atoms with Gasteiger partial charge in [0.25, 0.3) is 0 Å². The standard InChI is InChI=1S/C12H15BrClNO2S/c1-8-2-4-10(6-8)15-18(16,17)12-5-3-9(13)7-11(12)14/h3,5,7-8,10,15H,2,4,6H2,1H3. The molecular weight excluding hydrogens is 338 g/mol. The van der Waals surface area contributed by atoms with Gasteiger partial charge in [-0.1, -0.05) is 34.5 Å². The Balaban J connectivity index is 2.20. The van der Waals surface area contributed by atoms with Gasteiger partial charge in [-0.2, -0.15) is 0 Å². The minimum Gasteiger partial charge on any atom is -0.208 e. The van der Waals surface area contributed by atoms with Crippen molar-refractivity contribution in [2.45, 2.75) is 37.1 Å². The molecular formula is C12H15BrClNO2S. The molecule has 0 aliphatic heterocycles. The van der Waals surface area contributed by atoms with Crippen molar-refractivity contribution in [3.8, 4) is 0 Å². The summed E-state index contributed by atoms with van der Waals surface area (Å²) in [6.07, 6.45) is 2.86. The second-order valence-electron chi connectivity index (χ2n) is 4.81. The molecule has 0 heterocycles. The smallest absolute Gasteiger partial charge is 0.208 e. The summed E-state index contributed by atoms with van der Waals surface area (Å²) in [7, 11) is -3.52. The molecule has 1 aromatic carbocycles. The van der Waals surface area contributed by atoms with Gasteiger partial charge in [0.2, 0.25) is 10.0 Å². The monoisotopic (exact) mass is 351 g/mol. The first kappa shape index (κ1) is 14.3. The average molecular weight is 353 g/mol. The number of hydrogen-bond donors (Lipinski definition) is 1. The largest absolute Gasteiger partial charge is 0.242 e. The maximum absolute atomic E-state index is 12.2. The molecule has 1 fully saturated rings. The lowest BCUT2D eigenvalue weighted by atomic mass is 10.1. The zero-order valence-corrected chi connectivity index (χ0v) is 13.1. The summed E-state index contributed by atoms with van der Waals surface area (Å²) in [6, 6.07) is 4.82. The van der Waals surface area contributed by atoms with E-state index in [1.807, 2.05) is 0 Å². The van der Waals surface area contributed by atoms with Crippen LogP contribution in [0.3, 0.4) is 0 Å². The predicted molar refractivity (Wildman–Crippen MR) is 76.3 cm³/mol. The third kappa shape index (κ3) is 3.26. The van der Waals surface area contributed by atoms with Gasteiger partial charge >= 0.3 is 0 Å². The quantitative estimate of drug-likeness (QED) is 0.904. The van der Waals surface area contributed by atoms with Crippen LogP contribution in [0.4, 0.5) is 0 Å². The van der Waals surface area contributed by atoms with Crippen molar-refractivity contribution >= 4 is 37.6 Å². The van der Waals surface area contributed by atoms with Gasteiger partial charge in [-0.15, -0.1) is 0 Å². The summed E-state index contributed by atoms with van der Waals surface area (Å²) < 4.78 is 27.9. The van der Waals surface area contributed by atoms with Crippen LogP contribution in [-0.2, 0) is 10.0 Å². The average Bonchev–Trinajstić information content (AvgIpc) is 2.62. The third-order valence-corrected chi connectivity index (χ3v) is 5.70. The maximum Gasteiger partial charge on any atom is 0.242 e. The molecule has 6 heteroatoms. The Kier molecular flexibility index (Phi) is 4.36. The van der Waals surface area contributed by atoms with Gasteiger partial charge in [-0.3, -0.25) is 0 Å². The molecule has 1 aliphatic carbocycles. The Morgan fingerprint density at radius 2 is 2.11 bits per heavy atom. The van der Waals surface area contributed by atoms with Gasteiger partial charge in [0.1, 0.15) is 4.90 Å². The zero-order valence-electron chi connectivity index (χ0n) is 9.99. The minimum atomic E-state index is -3.52. The van der Waals surface area contributed by atoms with Crippen LogP contribution in [0.15, 0.2) is 27.6 Å². The number of nitrogens with one attached hydrogen (secondary N) is 1. The van der Waals surface area contributed by atoms with Crippen molar-refractivity contribution in [3.05, 3.63) is 27.7 Å². The Morgan fingerprint density at radius 3 is 2.67 bits per heavy atom. The molecule has 1 aromatic rings. The van der Waals surface area contributed by atoms with E-state index >= 15 is 0 Å². The van der Waals surface area contributed by atoms with Crippen LogP contribution in [0.1, 0.15) is 26.2 Å². The predicted octanol–water partition coefficient (Wildman–Crippen LogP) is 3.57. The summed E-state index contributed by atoms with van der Waals surface area (Å²) >= 11 is 9.24. The van der Waals surface area contributed by atoms with Crippen LogP contribution in [0.5, 0.6) is 0 Å². The van der Waals surface area contributed by atoms with Crippen LogP contribution >= 0.6 is 27.5 Å². The van der Waals surface area contributed by atoms with Crippen molar-refractivity contribution in [1.82, 2.24) is 4.72 Å². The van der Waals surface area contributed by atoms with Crippen LogP contribution in [-0.4, -0.2) is 14.5 Å². The molecule has 2 unspecified atom stereocenters. The lowest BCUT2D eigenvalue weighted by Gasteiger charge is -2.14. The number of sulfonamides is 1. The van der Waals surface area contributed by atoms with E-state index in [2.05, 4.69) is 27.6 Å². The number of halogens is 2. The van der Waals surface area contributed by atoms with Gasteiger partial charge in [-0.05, 0) is 43.4 Å². The van der Waals surface area contributed by atoms with Crippen LogP contribution in [0.2, 0.25) is 5.02 Å². The highest BCUT2D eigenvalue weighted by molar-refractivity contribution is 9.10. The Morgan fingerprint density at radius 1 is 1.39 bits per heavy atom. The van der Waals surface area contributed by atoms with Crippen LogP contribution in [0.25, 0.3) is 0 Å². The second kappa shape index (κ2) is 5.49. The molecule has 1 N–H and O–H groups in total. The summed E-state index contributed by atoms with van der Waals surface area (Å²) in [5, 5.41) is 0.239. The lowest BCUT2D eigenvalue weighted by Crippen LogP contribution is -2.33. The first-order chi connectivity index (χ1) is 8.38. The highest BCUT2D eigenvalue weighted by Crippen LogP contribution is 2.29. The molecule has 18 heavy (non-hydrogen) atoms. The fourth-order valence-corrected chi connectivity index (χ4v) is 4.61. The minimum absolute atomic E-state index is 0.0321. The van der Waals surface area contributed by atoms with Gasteiger partial charge in [0.15, 0.2) is 0 Å². The molecule has 0 radical (unpaired) electrons. The van der Waals surface area contributed by atoms with E-state index in [1.54, 1.807) is 12.1 Å². The summed E-state index contributed by atoms with van der Waals surface area (Å²) in [6.45, 7) is 2.14.